The fraction of sp³-hybridized carbons (Fsp3) is 0.529. The molecule has 2 nitrogen and oxygen atoms in total. The topological polar surface area (TPSA) is 21.3 Å². The molecule has 2 heteroatoms. The Hall–Kier alpha value is -1.28. The van der Waals surface area contributed by atoms with Crippen LogP contribution in [0.4, 0.5) is 0 Å². The molecule has 0 aliphatic heterocycles. The second kappa shape index (κ2) is 8.00. The van der Waals surface area contributed by atoms with Gasteiger partial charge in [-0.05, 0) is 57.0 Å². The molecular weight excluding hydrogens is 234 g/mol. The fourth-order valence-electron chi connectivity index (χ4n) is 1.87. The SMILES string of the molecule is CC(=CCCNC(C)C)c1cccc(OC(C)C)c1. The van der Waals surface area contributed by atoms with Gasteiger partial charge in [0.15, 0.2) is 0 Å². The van der Waals surface area contributed by atoms with E-state index in [1.807, 2.05) is 19.9 Å². The van der Waals surface area contributed by atoms with Crippen molar-refractivity contribution in [2.75, 3.05) is 6.54 Å². The highest BCUT2D eigenvalue weighted by atomic mass is 16.5. The van der Waals surface area contributed by atoms with Crippen molar-refractivity contribution in [2.24, 2.45) is 0 Å². The van der Waals surface area contributed by atoms with E-state index in [1.54, 1.807) is 0 Å². The molecule has 0 aliphatic carbocycles. The smallest absolute Gasteiger partial charge is 0.120 e. The summed E-state index contributed by atoms with van der Waals surface area (Å²) in [5.41, 5.74) is 2.54. The van der Waals surface area contributed by atoms with E-state index in [1.165, 1.54) is 11.1 Å². The quantitative estimate of drug-likeness (QED) is 0.740. The Balaban J connectivity index is 2.60. The van der Waals surface area contributed by atoms with Gasteiger partial charge in [-0.3, -0.25) is 0 Å². The van der Waals surface area contributed by atoms with E-state index in [9.17, 15) is 0 Å². The zero-order valence-corrected chi connectivity index (χ0v) is 12.9. The first-order valence-electron chi connectivity index (χ1n) is 7.16. The molecule has 1 rings (SSSR count). The summed E-state index contributed by atoms with van der Waals surface area (Å²) in [6.07, 6.45) is 3.55. The predicted octanol–water partition coefficient (Wildman–Crippen LogP) is 4.27. The first kappa shape index (κ1) is 15.8. The minimum atomic E-state index is 0.217. The van der Waals surface area contributed by atoms with Crippen molar-refractivity contribution in [3.63, 3.8) is 0 Å². The van der Waals surface area contributed by atoms with Crippen LogP contribution in [0.15, 0.2) is 30.3 Å². The third kappa shape index (κ3) is 6.44. The average molecular weight is 261 g/mol. The largest absolute Gasteiger partial charge is 0.491 e. The van der Waals surface area contributed by atoms with Crippen LogP contribution in [0.1, 0.15) is 46.6 Å². The van der Waals surface area contributed by atoms with Gasteiger partial charge in [0.1, 0.15) is 5.75 Å². The summed E-state index contributed by atoms with van der Waals surface area (Å²) in [5, 5.41) is 3.42. The van der Waals surface area contributed by atoms with Crippen LogP contribution in [0.25, 0.3) is 5.57 Å². The van der Waals surface area contributed by atoms with Gasteiger partial charge in [-0.2, -0.15) is 0 Å². The van der Waals surface area contributed by atoms with Gasteiger partial charge < -0.3 is 10.1 Å². The second-order valence-electron chi connectivity index (χ2n) is 5.48. The fourth-order valence-corrected chi connectivity index (χ4v) is 1.87. The standard InChI is InChI=1S/C17H27NO/c1-13(2)18-11-7-8-15(5)16-9-6-10-17(12-16)19-14(3)4/h6,8-10,12-14,18H,7,11H2,1-5H3. The zero-order valence-electron chi connectivity index (χ0n) is 12.9. The van der Waals surface area contributed by atoms with Crippen molar-refractivity contribution >= 4 is 5.57 Å². The number of nitrogens with one attached hydrogen (secondary N) is 1. The average Bonchev–Trinajstić information content (AvgIpc) is 2.33. The van der Waals surface area contributed by atoms with E-state index in [0.29, 0.717) is 6.04 Å². The summed E-state index contributed by atoms with van der Waals surface area (Å²) in [4.78, 5) is 0. The van der Waals surface area contributed by atoms with Crippen LogP contribution in [0.5, 0.6) is 5.75 Å². The molecule has 1 aromatic carbocycles. The van der Waals surface area contributed by atoms with Crippen molar-refractivity contribution in [3.8, 4) is 5.75 Å². The minimum Gasteiger partial charge on any atom is -0.491 e. The molecule has 0 saturated carbocycles. The molecule has 0 fully saturated rings. The second-order valence-corrected chi connectivity index (χ2v) is 5.48. The van der Waals surface area contributed by atoms with Crippen LogP contribution < -0.4 is 10.1 Å². The monoisotopic (exact) mass is 261 g/mol. The van der Waals surface area contributed by atoms with Crippen LogP contribution >= 0.6 is 0 Å². The summed E-state index contributed by atoms with van der Waals surface area (Å²) in [7, 11) is 0. The van der Waals surface area contributed by atoms with Crippen molar-refractivity contribution in [1.82, 2.24) is 5.32 Å². The predicted molar refractivity (Wildman–Crippen MR) is 83.6 cm³/mol. The van der Waals surface area contributed by atoms with Gasteiger partial charge in [0.2, 0.25) is 0 Å². The summed E-state index contributed by atoms with van der Waals surface area (Å²) < 4.78 is 5.72. The molecule has 1 aromatic rings. The van der Waals surface area contributed by atoms with Crippen LogP contribution in [0.3, 0.4) is 0 Å². The number of rotatable bonds is 7. The molecule has 106 valence electrons. The van der Waals surface area contributed by atoms with Gasteiger partial charge in [-0.15, -0.1) is 0 Å². The molecule has 0 atom stereocenters. The maximum atomic E-state index is 5.72. The maximum absolute atomic E-state index is 5.72. The third-order valence-corrected chi connectivity index (χ3v) is 2.81. The number of hydrogen-bond acceptors (Lipinski definition) is 2. The van der Waals surface area contributed by atoms with E-state index < -0.39 is 0 Å². The lowest BCUT2D eigenvalue weighted by Gasteiger charge is -2.11. The molecule has 0 amide bonds. The molecule has 0 bridgehead atoms. The van der Waals surface area contributed by atoms with Crippen LogP contribution in [0, 0.1) is 0 Å². The molecule has 0 spiro atoms. The lowest BCUT2D eigenvalue weighted by atomic mass is 10.1. The Morgan fingerprint density at radius 1 is 1.26 bits per heavy atom. The Kier molecular flexibility index (Phi) is 6.65. The Bertz CT molecular complexity index is 407. The Morgan fingerprint density at radius 2 is 2.00 bits per heavy atom. The van der Waals surface area contributed by atoms with Gasteiger partial charge in [0.05, 0.1) is 6.10 Å². The highest BCUT2D eigenvalue weighted by molar-refractivity contribution is 5.64. The van der Waals surface area contributed by atoms with Gasteiger partial charge in [-0.25, -0.2) is 0 Å². The third-order valence-electron chi connectivity index (χ3n) is 2.81. The van der Waals surface area contributed by atoms with E-state index in [-0.39, 0.29) is 6.10 Å². The van der Waals surface area contributed by atoms with E-state index >= 15 is 0 Å². The van der Waals surface area contributed by atoms with Crippen molar-refractivity contribution in [1.29, 1.82) is 0 Å². The summed E-state index contributed by atoms with van der Waals surface area (Å²) in [6.45, 7) is 11.6. The highest BCUT2D eigenvalue weighted by Gasteiger charge is 2.01. The van der Waals surface area contributed by atoms with Gasteiger partial charge in [0.25, 0.3) is 0 Å². The molecule has 0 saturated heterocycles. The summed E-state index contributed by atoms with van der Waals surface area (Å²) in [6, 6.07) is 8.86. The molecular formula is C17H27NO. The van der Waals surface area contributed by atoms with E-state index in [4.69, 9.17) is 4.74 Å². The lowest BCUT2D eigenvalue weighted by molar-refractivity contribution is 0.242. The number of allylic oxidation sites excluding steroid dienone is 1. The zero-order chi connectivity index (χ0) is 14.3. The first-order chi connectivity index (χ1) is 8.99. The van der Waals surface area contributed by atoms with Gasteiger partial charge in [-0.1, -0.05) is 32.1 Å². The maximum Gasteiger partial charge on any atom is 0.120 e. The number of ether oxygens (including phenoxy) is 1. The van der Waals surface area contributed by atoms with Crippen LogP contribution in [-0.2, 0) is 0 Å². The van der Waals surface area contributed by atoms with E-state index in [2.05, 4.69) is 50.4 Å². The highest BCUT2D eigenvalue weighted by Crippen LogP contribution is 2.21. The molecule has 19 heavy (non-hydrogen) atoms. The lowest BCUT2D eigenvalue weighted by Crippen LogP contribution is -2.23. The Morgan fingerprint density at radius 3 is 2.63 bits per heavy atom. The molecule has 0 radical (unpaired) electrons. The van der Waals surface area contributed by atoms with Crippen molar-refractivity contribution < 1.29 is 4.74 Å². The number of benzene rings is 1. The van der Waals surface area contributed by atoms with Gasteiger partial charge >= 0.3 is 0 Å². The normalized spacial score (nSPS) is 12.3. The summed E-state index contributed by atoms with van der Waals surface area (Å²) >= 11 is 0. The minimum absolute atomic E-state index is 0.217. The van der Waals surface area contributed by atoms with Gasteiger partial charge in [0, 0.05) is 6.04 Å². The number of hydrogen-bond donors (Lipinski definition) is 1. The summed E-state index contributed by atoms with van der Waals surface area (Å²) in [5.74, 6) is 0.945. The molecule has 1 N–H and O–H groups in total. The van der Waals surface area contributed by atoms with Crippen molar-refractivity contribution in [2.45, 2.75) is 53.2 Å². The first-order valence-corrected chi connectivity index (χ1v) is 7.16. The van der Waals surface area contributed by atoms with E-state index in [0.717, 1.165) is 18.7 Å². The van der Waals surface area contributed by atoms with Crippen molar-refractivity contribution in [3.05, 3.63) is 35.9 Å². The Labute approximate surface area is 117 Å². The molecule has 0 unspecified atom stereocenters. The molecule has 0 aromatic heterocycles. The molecule has 0 heterocycles. The van der Waals surface area contributed by atoms with Crippen LogP contribution in [0.2, 0.25) is 0 Å². The van der Waals surface area contributed by atoms with Crippen LogP contribution in [-0.4, -0.2) is 18.7 Å². The molecule has 0 aliphatic rings.